The summed E-state index contributed by atoms with van der Waals surface area (Å²) in [6, 6.07) is 8.57. The molecule has 9 nitrogen and oxygen atoms in total. The average Bonchev–Trinajstić information content (AvgIpc) is 3.23. The topological polar surface area (TPSA) is 115 Å². The molecular weight excluding hydrogens is 378 g/mol. The van der Waals surface area contributed by atoms with Gasteiger partial charge in [0.05, 0.1) is 29.5 Å². The molecule has 0 spiro atoms. The first-order valence-electron chi connectivity index (χ1n) is 7.72. The molecule has 1 aliphatic rings. The third-order valence-electron chi connectivity index (χ3n) is 3.53. The zero-order valence-corrected chi connectivity index (χ0v) is 14.7. The smallest absolute Gasteiger partial charge is 0.433 e. The molecule has 0 saturated carbocycles. The number of hydrogen-bond acceptors (Lipinski definition) is 7. The van der Waals surface area contributed by atoms with Crippen molar-refractivity contribution in [2.75, 3.05) is 11.6 Å². The number of anilines is 1. The van der Waals surface area contributed by atoms with Crippen LogP contribution in [0.5, 0.6) is 0 Å². The van der Waals surface area contributed by atoms with Crippen LogP contribution in [0.1, 0.15) is 23.0 Å². The van der Waals surface area contributed by atoms with Crippen molar-refractivity contribution in [3.8, 4) is 0 Å². The fraction of sp³-hybridized carbons (Fsp3) is 0.118. The molecule has 0 aliphatic carbocycles. The molecular formula is C17H12ClN3O6. The first-order valence-corrected chi connectivity index (χ1v) is 8.10. The molecule has 2 heterocycles. The third-order valence-corrected chi connectivity index (χ3v) is 3.81. The van der Waals surface area contributed by atoms with Gasteiger partial charge in [0.1, 0.15) is 10.7 Å². The molecule has 1 aliphatic heterocycles. The first kappa shape index (κ1) is 18.3. The predicted octanol–water partition coefficient (Wildman–Crippen LogP) is 3.35. The molecule has 0 N–H and O–H groups in total. The summed E-state index contributed by atoms with van der Waals surface area (Å²) in [7, 11) is 0. The first-order chi connectivity index (χ1) is 12.9. The van der Waals surface area contributed by atoms with Gasteiger partial charge in [0.15, 0.2) is 5.17 Å². The molecule has 27 heavy (non-hydrogen) atoms. The van der Waals surface area contributed by atoms with Crippen molar-refractivity contribution < 1.29 is 23.7 Å². The lowest BCUT2D eigenvalue weighted by atomic mass is 10.2. The second-order valence-electron chi connectivity index (χ2n) is 5.27. The molecule has 1 amide bonds. The predicted molar refractivity (Wildman–Crippen MR) is 96.5 cm³/mol. The van der Waals surface area contributed by atoms with Crippen LogP contribution in [0.4, 0.5) is 11.6 Å². The van der Waals surface area contributed by atoms with Crippen LogP contribution in [-0.4, -0.2) is 28.6 Å². The van der Waals surface area contributed by atoms with Crippen molar-refractivity contribution in [3.05, 3.63) is 63.4 Å². The lowest BCUT2D eigenvalue weighted by Crippen LogP contribution is -2.21. The molecule has 0 saturated heterocycles. The Morgan fingerprint density at radius 1 is 1.33 bits per heavy atom. The van der Waals surface area contributed by atoms with Crippen molar-refractivity contribution >= 4 is 46.3 Å². The van der Waals surface area contributed by atoms with E-state index in [1.807, 2.05) is 0 Å². The maximum atomic E-state index is 12.6. The van der Waals surface area contributed by atoms with E-state index in [1.165, 1.54) is 42.5 Å². The summed E-state index contributed by atoms with van der Waals surface area (Å²) >= 11 is 6.03. The van der Waals surface area contributed by atoms with Gasteiger partial charge in [-0.1, -0.05) is 11.6 Å². The number of carbonyl (C=O) groups excluding carboxylic acids is 2. The number of halogens is 1. The van der Waals surface area contributed by atoms with Gasteiger partial charge in [-0.05, 0) is 43.3 Å². The summed E-state index contributed by atoms with van der Waals surface area (Å²) in [6.07, 6.45) is 1.27. The van der Waals surface area contributed by atoms with Crippen LogP contribution < -0.4 is 5.01 Å². The van der Waals surface area contributed by atoms with Gasteiger partial charge in [-0.15, -0.1) is 0 Å². The van der Waals surface area contributed by atoms with Gasteiger partial charge in [0.2, 0.25) is 0 Å². The molecule has 1 aromatic carbocycles. The fourth-order valence-corrected chi connectivity index (χ4v) is 2.51. The SMILES string of the molecule is CCOC(=O)c1ccc(N2N=C(Cl)/C(=C\c3ccc([N+](=O)[O-])o3)C2=O)cc1. The monoisotopic (exact) mass is 389 g/mol. The average molecular weight is 390 g/mol. The number of amides is 1. The van der Waals surface area contributed by atoms with Crippen LogP contribution in [0.25, 0.3) is 6.08 Å². The number of esters is 1. The minimum atomic E-state index is -0.689. The number of nitrogens with zero attached hydrogens (tertiary/aromatic N) is 3. The fourth-order valence-electron chi connectivity index (χ4n) is 2.30. The number of ether oxygens (including phenoxy) is 1. The zero-order chi connectivity index (χ0) is 19.6. The lowest BCUT2D eigenvalue weighted by Gasteiger charge is -2.11. The van der Waals surface area contributed by atoms with E-state index in [4.69, 9.17) is 20.8 Å². The van der Waals surface area contributed by atoms with E-state index in [0.29, 0.717) is 11.3 Å². The van der Waals surface area contributed by atoms with Crippen LogP contribution in [0.2, 0.25) is 0 Å². The number of furan rings is 1. The van der Waals surface area contributed by atoms with Crippen molar-refractivity contribution in [3.63, 3.8) is 0 Å². The Bertz CT molecular complexity index is 977. The minimum absolute atomic E-state index is 0.0235. The molecule has 0 unspecified atom stereocenters. The van der Waals surface area contributed by atoms with Gasteiger partial charge in [0.25, 0.3) is 5.91 Å². The summed E-state index contributed by atoms with van der Waals surface area (Å²) < 4.78 is 9.90. The molecule has 1 aromatic heterocycles. The number of hydrazone groups is 1. The van der Waals surface area contributed by atoms with Crippen molar-refractivity contribution in [1.82, 2.24) is 0 Å². The molecule has 0 fully saturated rings. The highest BCUT2D eigenvalue weighted by Gasteiger charge is 2.31. The summed E-state index contributed by atoms with van der Waals surface area (Å²) in [6.45, 7) is 1.96. The molecule has 138 valence electrons. The lowest BCUT2D eigenvalue weighted by molar-refractivity contribution is -0.402. The summed E-state index contributed by atoms with van der Waals surface area (Å²) in [5.41, 5.74) is 0.747. The molecule has 0 atom stereocenters. The normalized spacial score (nSPS) is 15.2. The molecule has 0 radical (unpaired) electrons. The molecule has 2 aromatic rings. The highest BCUT2D eigenvalue weighted by atomic mass is 35.5. The highest BCUT2D eigenvalue weighted by Crippen LogP contribution is 2.28. The van der Waals surface area contributed by atoms with E-state index < -0.39 is 22.7 Å². The quantitative estimate of drug-likeness (QED) is 0.335. The minimum Gasteiger partial charge on any atom is -0.462 e. The van der Waals surface area contributed by atoms with Crippen LogP contribution in [0.3, 0.4) is 0 Å². The number of hydrogen-bond donors (Lipinski definition) is 0. The second kappa shape index (κ2) is 7.42. The summed E-state index contributed by atoms with van der Waals surface area (Å²) in [5, 5.41) is 15.6. The van der Waals surface area contributed by atoms with Crippen LogP contribution in [0.15, 0.2) is 51.5 Å². The molecule has 10 heteroatoms. The van der Waals surface area contributed by atoms with Gasteiger partial charge in [-0.25, -0.2) is 4.79 Å². The van der Waals surface area contributed by atoms with E-state index in [9.17, 15) is 19.7 Å². The van der Waals surface area contributed by atoms with Gasteiger partial charge in [0, 0.05) is 0 Å². The number of benzene rings is 1. The Hall–Kier alpha value is -3.46. The van der Waals surface area contributed by atoms with E-state index >= 15 is 0 Å². The second-order valence-corrected chi connectivity index (χ2v) is 5.62. The third kappa shape index (κ3) is 3.72. The van der Waals surface area contributed by atoms with E-state index in [-0.39, 0.29) is 23.1 Å². The summed E-state index contributed by atoms with van der Waals surface area (Å²) in [4.78, 5) is 34.2. The largest absolute Gasteiger partial charge is 0.462 e. The Labute approximate surface area is 157 Å². The Balaban J connectivity index is 1.83. The Kier molecular flexibility index (Phi) is 5.04. The maximum Gasteiger partial charge on any atom is 0.433 e. The van der Waals surface area contributed by atoms with Crippen molar-refractivity contribution in [2.45, 2.75) is 6.92 Å². The van der Waals surface area contributed by atoms with Crippen LogP contribution in [-0.2, 0) is 9.53 Å². The number of nitro groups is 1. The Morgan fingerprint density at radius 3 is 2.63 bits per heavy atom. The van der Waals surface area contributed by atoms with E-state index in [1.54, 1.807) is 6.92 Å². The van der Waals surface area contributed by atoms with Crippen LogP contribution >= 0.6 is 11.6 Å². The summed E-state index contributed by atoms with van der Waals surface area (Å²) in [5.74, 6) is -1.37. The number of carbonyl (C=O) groups is 2. The van der Waals surface area contributed by atoms with Crippen molar-refractivity contribution in [1.29, 1.82) is 0 Å². The van der Waals surface area contributed by atoms with Crippen molar-refractivity contribution in [2.24, 2.45) is 5.10 Å². The highest BCUT2D eigenvalue weighted by molar-refractivity contribution is 6.74. The van der Waals surface area contributed by atoms with E-state index in [0.717, 1.165) is 5.01 Å². The zero-order valence-electron chi connectivity index (χ0n) is 13.9. The van der Waals surface area contributed by atoms with Gasteiger partial charge < -0.3 is 9.15 Å². The maximum absolute atomic E-state index is 12.6. The molecule has 3 rings (SSSR count). The van der Waals surface area contributed by atoms with Gasteiger partial charge in [-0.3, -0.25) is 14.9 Å². The standard InChI is InChI=1S/C17H12ClN3O6/c1-2-26-17(23)10-3-5-11(6-4-10)20-16(22)13(15(18)19-20)9-12-7-8-14(27-12)21(24)25/h3-9H,2H2,1H3/b13-9+. The van der Waals surface area contributed by atoms with Gasteiger partial charge in [-0.2, -0.15) is 10.1 Å². The van der Waals surface area contributed by atoms with Crippen LogP contribution in [0, 0.1) is 10.1 Å². The molecule has 0 bridgehead atoms. The van der Waals surface area contributed by atoms with Gasteiger partial charge >= 0.3 is 11.9 Å². The van der Waals surface area contributed by atoms with E-state index in [2.05, 4.69) is 5.10 Å². The Morgan fingerprint density at radius 2 is 2.04 bits per heavy atom. The number of rotatable bonds is 5.